The summed E-state index contributed by atoms with van der Waals surface area (Å²) in [5, 5.41) is 13.0. The lowest BCUT2D eigenvalue weighted by Gasteiger charge is -2.10. The van der Waals surface area contributed by atoms with Crippen LogP contribution in [-0.4, -0.2) is 9.78 Å². The van der Waals surface area contributed by atoms with Crippen molar-refractivity contribution in [2.45, 2.75) is 12.7 Å². The lowest BCUT2D eigenvalue weighted by Crippen LogP contribution is -2.08. The van der Waals surface area contributed by atoms with Crippen LogP contribution in [0.3, 0.4) is 0 Å². The van der Waals surface area contributed by atoms with Gasteiger partial charge < -0.3 is 5.73 Å². The van der Waals surface area contributed by atoms with Gasteiger partial charge in [-0.3, -0.25) is 0 Å². The van der Waals surface area contributed by atoms with Crippen molar-refractivity contribution in [1.29, 1.82) is 5.26 Å². The Kier molecular flexibility index (Phi) is 4.49. The fourth-order valence-corrected chi connectivity index (χ4v) is 2.50. The van der Waals surface area contributed by atoms with E-state index in [2.05, 4.69) is 5.10 Å². The van der Waals surface area contributed by atoms with Crippen LogP contribution in [0.15, 0.2) is 48.7 Å². The normalized spacial score (nSPS) is 11.4. The minimum Gasteiger partial charge on any atom is -0.326 e. The molecule has 3 rings (SSSR count). The van der Waals surface area contributed by atoms with Gasteiger partial charge in [0.25, 0.3) is 0 Å². The molecule has 0 aliphatic carbocycles. The fourth-order valence-electron chi connectivity index (χ4n) is 2.50. The van der Waals surface area contributed by atoms with Crippen LogP contribution in [0, 0.1) is 17.1 Å². The molecule has 132 valence electrons. The molecule has 0 saturated carbocycles. The quantitative estimate of drug-likeness (QED) is 0.717. The summed E-state index contributed by atoms with van der Waals surface area (Å²) in [5.41, 5.74) is 5.17. The number of nitrogens with zero attached hydrogens (tertiary/aromatic N) is 3. The number of hydrogen-bond acceptors (Lipinski definition) is 3. The zero-order valence-electron chi connectivity index (χ0n) is 13.3. The Balaban J connectivity index is 2.00. The van der Waals surface area contributed by atoms with E-state index >= 15 is 0 Å². The summed E-state index contributed by atoms with van der Waals surface area (Å²) in [5.74, 6) is -0.486. The topological polar surface area (TPSA) is 67.6 Å². The molecule has 26 heavy (non-hydrogen) atoms. The van der Waals surface area contributed by atoms with Gasteiger partial charge in [0.1, 0.15) is 5.82 Å². The molecule has 1 heterocycles. The average molecular weight is 360 g/mol. The maximum Gasteiger partial charge on any atom is 0.417 e. The first kappa shape index (κ1) is 17.6. The number of rotatable bonds is 3. The van der Waals surface area contributed by atoms with Crippen LogP contribution >= 0.6 is 0 Å². The molecular weight excluding hydrogens is 348 g/mol. The summed E-state index contributed by atoms with van der Waals surface area (Å²) in [7, 11) is 0. The second-order valence-corrected chi connectivity index (χ2v) is 5.50. The molecule has 0 atom stereocenters. The van der Waals surface area contributed by atoms with Crippen LogP contribution in [0.4, 0.5) is 17.6 Å². The molecule has 0 spiro atoms. The Bertz CT molecular complexity index is 999. The molecule has 8 heteroatoms. The summed E-state index contributed by atoms with van der Waals surface area (Å²) in [6.45, 7) is 0.0575. The largest absolute Gasteiger partial charge is 0.417 e. The van der Waals surface area contributed by atoms with Crippen LogP contribution in [0.25, 0.3) is 16.9 Å². The summed E-state index contributed by atoms with van der Waals surface area (Å²) >= 11 is 0. The van der Waals surface area contributed by atoms with E-state index < -0.39 is 23.1 Å². The second kappa shape index (κ2) is 6.61. The van der Waals surface area contributed by atoms with Crippen molar-refractivity contribution < 1.29 is 17.6 Å². The van der Waals surface area contributed by atoms with Gasteiger partial charge >= 0.3 is 6.18 Å². The minimum absolute atomic E-state index is 0.0575. The van der Waals surface area contributed by atoms with Gasteiger partial charge in [-0.05, 0) is 30.3 Å². The molecule has 0 amide bonds. The first-order valence-corrected chi connectivity index (χ1v) is 7.49. The Labute approximate surface area is 146 Å². The number of nitrogens with two attached hydrogens (primary N) is 1. The molecule has 0 aliphatic rings. The molecule has 3 aromatic rings. The molecule has 0 bridgehead atoms. The Morgan fingerprint density at radius 2 is 1.88 bits per heavy atom. The van der Waals surface area contributed by atoms with Crippen LogP contribution in [-0.2, 0) is 12.7 Å². The van der Waals surface area contributed by atoms with Gasteiger partial charge in [-0.2, -0.15) is 23.5 Å². The van der Waals surface area contributed by atoms with E-state index in [1.54, 1.807) is 6.07 Å². The van der Waals surface area contributed by atoms with E-state index in [-0.39, 0.29) is 17.8 Å². The second-order valence-electron chi connectivity index (χ2n) is 5.50. The lowest BCUT2D eigenvalue weighted by molar-refractivity contribution is -0.137. The SMILES string of the molecule is N#Cc1ccc(-c2ccn(-c3ccc(CN)c(F)c3)n2)cc1C(F)(F)F. The molecule has 0 radical (unpaired) electrons. The molecule has 0 fully saturated rings. The molecule has 4 nitrogen and oxygen atoms in total. The highest BCUT2D eigenvalue weighted by Gasteiger charge is 2.34. The number of halogens is 4. The Morgan fingerprint density at radius 1 is 1.12 bits per heavy atom. The maximum absolute atomic E-state index is 13.9. The van der Waals surface area contributed by atoms with Crippen molar-refractivity contribution in [2.75, 3.05) is 0 Å². The van der Waals surface area contributed by atoms with Crippen molar-refractivity contribution in [3.8, 4) is 23.0 Å². The molecule has 2 aromatic carbocycles. The smallest absolute Gasteiger partial charge is 0.326 e. The summed E-state index contributed by atoms with van der Waals surface area (Å²) < 4.78 is 54.5. The predicted molar refractivity (Wildman–Crippen MR) is 86.6 cm³/mol. The van der Waals surface area contributed by atoms with E-state index in [9.17, 15) is 17.6 Å². The van der Waals surface area contributed by atoms with Gasteiger partial charge in [0.15, 0.2) is 0 Å². The van der Waals surface area contributed by atoms with Gasteiger partial charge in [-0.1, -0.05) is 12.1 Å². The third kappa shape index (κ3) is 3.30. The molecule has 0 saturated heterocycles. The molecule has 2 N–H and O–H groups in total. The number of hydrogen-bond donors (Lipinski definition) is 1. The van der Waals surface area contributed by atoms with Crippen LogP contribution in [0.2, 0.25) is 0 Å². The zero-order valence-corrected chi connectivity index (χ0v) is 13.3. The maximum atomic E-state index is 13.9. The van der Waals surface area contributed by atoms with Crippen molar-refractivity contribution >= 4 is 0 Å². The number of alkyl halides is 3. The van der Waals surface area contributed by atoms with E-state index in [1.807, 2.05) is 0 Å². The standard InChI is InChI=1S/C18H12F4N4/c19-16-8-14(4-3-13(16)10-24)26-6-5-17(25-26)11-1-2-12(9-23)15(7-11)18(20,21)22/h1-8H,10,24H2. The van der Waals surface area contributed by atoms with Crippen molar-refractivity contribution in [3.05, 3.63) is 71.2 Å². The van der Waals surface area contributed by atoms with E-state index in [0.29, 0.717) is 11.3 Å². The molecule has 0 aliphatic heterocycles. The summed E-state index contributed by atoms with van der Waals surface area (Å²) in [6, 6.07) is 10.8. The third-order valence-electron chi connectivity index (χ3n) is 3.85. The van der Waals surface area contributed by atoms with E-state index in [0.717, 1.165) is 12.1 Å². The number of aromatic nitrogens is 2. The minimum atomic E-state index is -4.65. The monoisotopic (exact) mass is 360 g/mol. The van der Waals surface area contributed by atoms with Crippen LogP contribution < -0.4 is 5.73 Å². The average Bonchev–Trinajstić information content (AvgIpc) is 3.10. The number of benzene rings is 2. The first-order valence-electron chi connectivity index (χ1n) is 7.49. The van der Waals surface area contributed by atoms with Crippen LogP contribution in [0.1, 0.15) is 16.7 Å². The lowest BCUT2D eigenvalue weighted by atomic mass is 10.0. The summed E-state index contributed by atoms with van der Waals surface area (Å²) in [6.07, 6.45) is -3.14. The van der Waals surface area contributed by atoms with Crippen molar-refractivity contribution in [2.24, 2.45) is 5.73 Å². The van der Waals surface area contributed by atoms with Gasteiger partial charge in [0.2, 0.25) is 0 Å². The van der Waals surface area contributed by atoms with E-state index in [4.69, 9.17) is 11.0 Å². The fraction of sp³-hybridized carbons (Fsp3) is 0.111. The van der Waals surface area contributed by atoms with Gasteiger partial charge in [-0.25, -0.2) is 9.07 Å². The molecule has 0 unspecified atom stereocenters. The Hall–Kier alpha value is -3.18. The predicted octanol–water partition coefficient (Wildman–Crippen LogP) is 4.03. The highest BCUT2D eigenvalue weighted by atomic mass is 19.4. The highest BCUT2D eigenvalue weighted by Crippen LogP contribution is 2.34. The summed E-state index contributed by atoms with van der Waals surface area (Å²) in [4.78, 5) is 0. The van der Waals surface area contributed by atoms with Crippen LogP contribution in [0.5, 0.6) is 0 Å². The van der Waals surface area contributed by atoms with E-state index in [1.165, 1.54) is 41.2 Å². The van der Waals surface area contributed by atoms with Gasteiger partial charge in [0.05, 0.1) is 28.6 Å². The highest BCUT2D eigenvalue weighted by molar-refractivity contribution is 5.62. The third-order valence-corrected chi connectivity index (χ3v) is 3.85. The van der Waals surface area contributed by atoms with Crippen molar-refractivity contribution in [3.63, 3.8) is 0 Å². The number of nitriles is 1. The molecular formula is C18H12F4N4. The first-order chi connectivity index (χ1) is 12.3. The zero-order chi connectivity index (χ0) is 18.9. The molecule has 1 aromatic heterocycles. The van der Waals surface area contributed by atoms with Crippen molar-refractivity contribution in [1.82, 2.24) is 9.78 Å². The van der Waals surface area contributed by atoms with Gasteiger partial charge in [-0.15, -0.1) is 0 Å². The Morgan fingerprint density at radius 3 is 2.50 bits per heavy atom. The van der Waals surface area contributed by atoms with Gasteiger partial charge in [0, 0.05) is 23.9 Å².